The molecule has 0 aromatic carbocycles. The number of hydrogen-bond acceptors (Lipinski definition) is 7. The van der Waals surface area contributed by atoms with Crippen LogP contribution in [0.15, 0.2) is 17.5 Å². The highest BCUT2D eigenvalue weighted by Crippen LogP contribution is 2.35. The van der Waals surface area contributed by atoms with Crippen molar-refractivity contribution in [3.05, 3.63) is 22.4 Å². The summed E-state index contributed by atoms with van der Waals surface area (Å²) in [5.74, 6) is -2.98. The minimum absolute atomic E-state index is 0.285. The third-order valence-electron chi connectivity index (χ3n) is 4.31. The minimum atomic E-state index is -1.31. The molecule has 0 radical (unpaired) electrons. The van der Waals surface area contributed by atoms with E-state index in [1.807, 2.05) is 17.5 Å². The maximum absolute atomic E-state index is 12.7. The molecular formula is C19H28N2O6S. The zero-order chi connectivity index (χ0) is 20.9. The first-order valence-electron chi connectivity index (χ1n) is 9.11. The normalized spacial score (nSPS) is 21.5. The van der Waals surface area contributed by atoms with Gasteiger partial charge in [0.1, 0.15) is 0 Å². The van der Waals surface area contributed by atoms with Crippen LogP contribution < -0.4 is 11.1 Å². The predicted octanol–water partition coefficient (Wildman–Crippen LogP) is 1.37. The number of primary amides is 1. The van der Waals surface area contributed by atoms with Crippen molar-refractivity contribution in [1.82, 2.24) is 5.32 Å². The first kappa shape index (κ1) is 22.3. The molecule has 2 heterocycles. The third-order valence-corrected chi connectivity index (χ3v) is 5.24. The van der Waals surface area contributed by atoms with Crippen LogP contribution in [0, 0.1) is 5.41 Å². The zero-order valence-corrected chi connectivity index (χ0v) is 17.5. The van der Waals surface area contributed by atoms with Crippen LogP contribution in [0.1, 0.15) is 39.0 Å². The summed E-state index contributed by atoms with van der Waals surface area (Å²) in [5.41, 5.74) is 4.57. The fourth-order valence-electron chi connectivity index (χ4n) is 2.73. The maximum Gasteiger partial charge on any atom is 0.336 e. The highest BCUT2D eigenvalue weighted by Gasteiger charge is 2.47. The largest absolute Gasteiger partial charge is 0.450 e. The average molecular weight is 413 g/mol. The highest BCUT2D eigenvalue weighted by molar-refractivity contribution is 7.09. The van der Waals surface area contributed by atoms with Gasteiger partial charge in [0.15, 0.2) is 18.0 Å². The molecule has 1 saturated heterocycles. The molecule has 0 aliphatic carbocycles. The number of hydrogen-bond donors (Lipinski definition) is 2. The first-order chi connectivity index (χ1) is 13.0. The summed E-state index contributed by atoms with van der Waals surface area (Å²) in [4.78, 5) is 37.7. The predicted molar refractivity (Wildman–Crippen MR) is 103 cm³/mol. The van der Waals surface area contributed by atoms with Gasteiger partial charge in [-0.3, -0.25) is 9.59 Å². The Hall–Kier alpha value is -1.97. The van der Waals surface area contributed by atoms with E-state index in [9.17, 15) is 14.4 Å². The van der Waals surface area contributed by atoms with Crippen LogP contribution in [-0.2, 0) is 35.0 Å². The lowest BCUT2D eigenvalue weighted by atomic mass is 9.86. The number of ether oxygens (including phenoxy) is 3. The number of thiophene rings is 1. The highest BCUT2D eigenvalue weighted by atomic mass is 32.1. The standard InChI is InChI=1S/C19H28N2O6S/c1-18(2)11-25-19(3,4)27-15(18)17(24)26-13(10-14(20)22)16(23)21-8-7-12-6-5-9-28-12/h5-6,9,13,15H,7-8,10-11H2,1-4H3,(H2,20,22)(H,21,23)/t13?,15-/m0/s1. The molecule has 1 fully saturated rings. The van der Waals surface area contributed by atoms with E-state index in [0.29, 0.717) is 13.0 Å². The zero-order valence-electron chi connectivity index (χ0n) is 16.7. The second kappa shape index (κ2) is 9.02. The lowest BCUT2D eigenvalue weighted by Gasteiger charge is -2.44. The molecule has 28 heavy (non-hydrogen) atoms. The van der Waals surface area contributed by atoms with Gasteiger partial charge in [0.05, 0.1) is 13.0 Å². The van der Waals surface area contributed by atoms with E-state index in [0.717, 1.165) is 4.88 Å². The Morgan fingerprint density at radius 1 is 1.36 bits per heavy atom. The van der Waals surface area contributed by atoms with Crippen molar-refractivity contribution >= 4 is 29.1 Å². The van der Waals surface area contributed by atoms with Crippen LogP contribution in [0.2, 0.25) is 0 Å². The molecule has 3 N–H and O–H groups in total. The Bertz CT molecular complexity index is 701. The molecule has 9 heteroatoms. The third kappa shape index (κ3) is 6.29. The van der Waals surface area contributed by atoms with E-state index < -0.39 is 47.6 Å². The number of rotatable bonds is 8. The van der Waals surface area contributed by atoms with Gasteiger partial charge in [-0.2, -0.15) is 0 Å². The second-order valence-corrected chi connectivity index (χ2v) is 8.92. The van der Waals surface area contributed by atoms with Gasteiger partial charge >= 0.3 is 5.97 Å². The molecule has 2 amide bonds. The number of nitrogens with two attached hydrogens (primary N) is 1. The summed E-state index contributed by atoms with van der Waals surface area (Å²) in [7, 11) is 0. The van der Waals surface area contributed by atoms with Gasteiger partial charge in [-0.1, -0.05) is 19.9 Å². The number of esters is 1. The lowest BCUT2D eigenvalue weighted by molar-refractivity contribution is -0.309. The van der Waals surface area contributed by atoms with E-state index >= 15 is 0 Å². The summed E-state index contributed by atoms with van der Waals surface area (Å²) < 4.78 is 16.7. The number of carbonyl (C=O) groups excluding carboxylic acids is 3. The van der Waals surface area contributed by atoms with Crippen molar-refractivity contribution < 1.29 is 28.6 Å². The molecule has 8 nitrogen and oxygen atoms in total. The van der Waals surface area contributed by atoms with Crippen molar-refractivity contribution in [3.63, 3.8) is 0 Å². The molecule has 1 aromatic rings. The van der Waals surface area contributed by atoms with Crippen LogP contribution in [0.25, 0.3) is 0 Å². The lowest BCUT2D eigenvalue weighted by Crippen LogP contribution is -2.55. The Morgan fingerprint density at radius 3 is 2.68 bits per heavy atom. The van der Waals surface area contributed by atoms with Gasteiger partial charge in [0, 0.05) is 16.8 Å². The second-order valence-electron chi connectivity index (χ2n) is 7.89. The van der Waals surface area contributed by atoms with E-state index in [2.05, 4.69) is 5.32 Å². The van der Waals surface area contributed by atoms with E-state index in [4.69, 9.17) is 19.9 Å². The van der Waals surface area contributed by atoms with Gasteiger partial charge in [-0.15, -0.1) is 11.3 Å². The van der Waals surface area contributed by atoms with E-state index in [-0.39, 0.29) is 6.61 Å². The van der Waals surface area contributed by atoms with Crippen LogP contribution in [0.3, 0.4) is 0 Å². The molecule has 1 aliphatic rings. The molecule has 1 unspecified atom stereocenters. The topological polar surface area (TPSA) is 117 Å². The summed E-state index contributed by atoms with van der Waals surface area (Å²) in [6, 6.07) is 3.89. The maximum atomic E-state index is 12.7. The van der Waals surface area contributed by atoms with Crippen molar-refractivity contribution in [2.45, 2.75) is 58.5 Å². The molecule has 1 aliphatic heterocycles. The molecule has 2 rings (SSSR count). The molecule has 1 aromatic heterocycles. The number of carbonyl (C=O) groups is 3. The van der Waals surface area contributed by atoms with Crippen molar-refractivity contribution in [3.8, 4) is 0 Å². The van der Waals surface area contributed by atoms with Crippen LogP contribution in [0.4, 0.5) is 0 Å². The molecule has 156 valence electrons. The monoisotopic (exact) mass is 412 g/mol. The smallest absolute Gasteiger partial charge is 0.336 e. The molecule has 2 atom stereocenters. The van der Waals surface area contributed by atoms with Gasteiger partial charge < -0.3 is 25.3 Å². The van der Waals surface area contributed by atoms with Crippen LogP contribution in [0.5, 0.6) is 0 Å². The summed E-state index contributed by atoms with van der Waals surface area (Å²) in [6.07, 6.45) is -2.00. The number of nitrogens with one attached hydrogen (secondary N) is 1. The van der Waals surface area contributed by atoms with E-state index in [1.54, 1.807) is 39.0 Å². The summed E-state index contributed by atoms with van der Waals surface area (Å²) >= 11 is 1.58. The van der Waals surface area contributed by atoms with Crippen molar-refractivity contribution in [2.75, 3.05) is 13.2 Å². The Balaban J connectivity index is 2.00. The number of amides is 2. The first-order valence-corrected chi connectivity index (χ1v) is 9.99. The van der Waals surface area contributed by atoms with Crippen LogP contribution in [-0.4, -0.2) is 48.9 Å². The van der Waals surface area contributed by atoms with Gasteiger partial charge in [-0.25, -0.2) is 4.79 Å². The average Bonchev–Trinajstić information content (AvgIpc) is 3.09. The molecule has 0 saturated carbocycles. The fraction of sp³-hybridized carbons (Fsp3) is 0.632. The van der Waals surface area contributed by atoms with E-state index in [1.165, 1.54) is 0 Å². The molecule has 0 spiro atoms. The van der Waals surface area contributed by atoms with Gasteiger partial charge in [0.25, 0.3) is 5.91 Å². The Kier molecular flexibility index (Phi) is 7.19. The van der Waals surface area contributed by atoms with Gasteiger partial charge in [0.2, 0.25) is 5.91 Å². The van der Waals surface area contributed by atoms with Crippen LogP contribution >= 0.6 is 11.3 Å². The van der Waals surface area contributed by atoms with Gasteiger partial charge in [-0.05, 0) is 31.7 Å². The fourth-order valence-corrected chi connectivity index (χ4v) is 3.44. The SMILES string of the molecule is CC1(C)OCC(C)(C)[C@H](C(=O)OC(CC(N)=O)C(=O)NCCc2cccs2)O1. The summed E-state index contributed by atoms with van der Waals surface area (Å²) in [5, 5.41) is 4.64. The minimum Gasteiger partial charge on any atom is -0.450 e. The Morgan fingerprint density at radius 2 is 2.07 bits per heavy atom. The van der Waals surface area contributed by atoms with Crippen molar-refractivity contribution in [2.24, 2.45) is 11.1 Å². The summed E-state index contributed by atoms with van der Waals surface area (Å²) in [6.45, 7) is 7.64. The molecular weight excluding hydrogens is 384 g/mol. The quantitative estimate of drug-likeness (QED) is 0.623. The molecule has 0 bridgehead atoms. The Labute approximate surface area is 168 Å². The van der Waals surface area contributed by atoms with Crippen molar-refractivity contribution in [1.29, 1.82) is 0 Å².